The highest BCUT2D eigenvalue weighted by molar-refractivity contribution is 5.73. The molecule has 2 aromatic carbocycles. The minimum absolute atomic E-state index is 0. The summed E-state index contributed by atoms with van der Waals surface area (Å²) in [5.41, 5.74) is 34.3. The fourth-order valence-corrected chi connectivity index (χ4v) is 2.64. The standard InChI is InChI=1S/2C8H10.C7H13NO.C5H12.C3H8O.5C2H6.7CH5N.10CH2O.3H3N/c2*1-2-8-6-4-3-5-7-8;1-7(9)8-5-3-2-4-6-8;1-4-5(2)3;1-3(2)4;22*1-2;;;/h2*3-7H,2H2,1H3;2-6H2,1H3;5H,4H2,1-3H3;3-4H,1-2H3;5*1-2H3;7*2H2,1H3;10*1H2;3*1H3. The van der Waals surface area contributed by atoms with Crippen molar-refractivity contribution in [3.8, 4) is 0 Å². The maximum atomic E-state index is 10.7. The Morgan fingerprint density at radius 2 is 0.531 bits per heavy atom. The average molecular weight is 1190 g/mol. The molecule has 81 heavy (non-hydrogen) atoms. The van der Waals surface area contributed by atoms with Crippen LogP contribution < -0.4 is 58.6 Å². The molecule has 1 fully saturated rings. The fourth-order valence-electron chi connectivity index (χ4n) is 2.64. The lowest BCUT2D eigenvalue weighted by Crippen LogP contribution is -2.33. The molecular weight excluding hydrogens is 1040 g/mol. The van der Waals surface area contributed by atoms with Gasteiger partial charge in [-0.05, 0) is 112 Å². The molecule has 1 aliphatic heterocycles. The van der Waals surface area contributed by atoms with Crippen LogP contribution in [0, 0.1) is 5.92 Å². The van der Waals surface area contributed by atoms with E-state index in [2.05, 4.69) is 123 Å². The molecule has 2 aromatic rings. The molecule has 0 atom stereocenters. The summed E-state index contributed by atoms with van der Waals surface area (Å²) in [6, 6.07) is 20.9. The Kier molecular flexibility index (Phi) is 960. The average Bonchev–Trinajstić information content (AvgIpc) is 3.60. The van der Waals surface area contributed by atoms with Gasteiger partial charge in [-0.1, -0.05) is 171 Å². The summed E-state index contributed by atoms with van der Waals surface area (Å²) in [7, 11) is 10.5. The number of aliphatic hydroxyl groups excluding tert-OH is 1. The smallest absolute Gasteiger partial charge is 0.219 e. The Balaban J connectivity index is -0.0000000154. The number of aryl methyl sites for hydroxylation is 2. The summed E-state index contributed by atoms with van der Waals surface area (Å²) >= 11 is 0. The minimum atomic E-state index is -0.167. The number of rotatable bonds is 3. The molecule has 1 saturated heterocycles. The summed E-state index contributed by atoms with van der Waals surface area (Å²) in [4.78, 5) is 92.6. The lowest BCUT2D eigenvalue weighted by molar-refractivity contribution is -0.129. The fraction of sp³-hybridized carbons (Fsp3) is 0.603. The molecule has 24 N–H and O–H groups in total. The van der Waals surface area contributed by atoms with E-state index in [9.17, 15) is 4.79 Å². The minimum Gasteiger partial charge on any atom is -0.394 e. The third-order valence-corrected chi connectivity index (χ3v) is 5.12. The van der Waals surface area contributed by atoms with Crippen LogP contribution in [-0.2, 0) is 65.6 Å². The predicted octanol–water partition coefficient (Wildman–Crippen LogP) is 8.75. The third kappa shape index (κ3) is 487. The van der Waals surface area contributed by atoms with E-state index in [1.165, 1.54) is 86.1 Å². The predicted molar refractivity (Wildman–Crippen MR) is 364 cm³/mol. The zero-order chi connectivity index (χ0) is 70.2. The molecule has 0 aromatic heterocycles. The van der Waals surface area contributed by atoms with Crippen molar-refractivity contribution in [3.05, 3.63) is 71.8 Å². The van der Waals surface area contributed by atoms with Crippen molar-refractivity contribution < 1.29 is 57.8 Å². The summed E-state index contributed by atoms with van der Waals surface area (Å²) in [5.74, 6) is 1.12. The molecule has 0 aliphatic carbocycles. The van der Waals surface area contributed by atoms with Crippen molar-refractivity contribution in [3.63, 3.8) is 0 Å². The van der Waals surface area contributed by atoms with E-state index in [1.807, 2.05) is 154 Å². The number of carbonyl (C=O) groups is 11. The van der Waals surface area contributed by atoms with Crippen molar-refractivity contribution >= 4 is 73.8 Å². The van der Waals surface area contributed by atoms with E-state index < -0.39 is 0 Å². The molecule has 1 aliphatic rings. The Bertz CT molecular complexity index is 812. The number of amides is 1. The van der Waals surface area contributed by atoms with Gasteiger partial charge in [0.1, 0.15) is 67.9 Å². The van der Waals surface area contributed by atoms with Gasteiger partial charge in [0.25, 0.3) is 0 Å². The van der Waals surface area contributed by atoms with Crippen LogP contribution in [0.15, 0.2) is 60.7 Å². The zero-order valence-electron chi connectivity index (χ0n) is 57.7. The number of hydrogen-bond donors (Lipinski definition) is 11. The monoisotopic (exact) mass is 1190 g/mol. The van der Waals surface area contributed by atoms with Crippen LogP contribution in [0.2, 0.25) is 0 Å². The van der Waals surface area contributed by atoms with E-state index in [4.69, 9.17) is 53.1 Å². The van der Waals surface area contributed by atoms with Gasteiger partial charge in [-0.3, -0.25) is 4.79 Å². The maximum Gasteiger partial charge on any atom is 0.219 e. The summed E-state index contributed by atoms with van der Waals surface area (Å²) < 4.78 is 0. The quantitative estimate of drug-likeness (QED) is 0.137. The molecular formula is C58H147N11O12. The Morgan fingerprint density at radius 1 is 0.395 bits per heavy atom. The van der Waals surface area contributed by atoms with Crippen molar-refractivity contribution in [2.24, 2.45) is 46.1 Å². The highest BCUT2D eigenvalue weighted by Crippen LogP contribution is 2.07. The van der Waals surface area contributed by atoms with Gasteiger partial charge in [0.2, 0.25) is 5.91 Å². The molecule has 0 unspecified atom stereocenters. The zero-order valence-corrected chi connectivity index (χ0v) is 57.7. The SMILES string of the molecule is C=O.C=O.C=O.C=O.C=O.C=O.C=O.C=O.C=O.C=O.CC.CC.CC.CC.CC.CC(=O)N1CCCCC1.CC(C)O.CCC(C)C.CCc1ccccc1.CCc1ccccc1.CN.CN.CN.CN.CN.CN.CN.N.N.N. The maximum absolute atomic E-state index is 10.7. The summed E-state index contributed by atoms with van der Waals surface area (Å²) in [6.07, 6.45) is 7.10. The largest absolute Gasteiger partial charge is 0.394 e. The molecule has 506 valence electrons. The topological polar surface area (TPSA) is 498 Å². The van der Waals surface area contributed by atoms with Crippen LogP contribution >= 0.6 is 0 Å². The van der Waals surface area contributed by atoms with Gasteiger partial charge in [-0.2, -0.15) is 0 Å². The van der Waals surface area contributed by atoms with Crippen LogP contribution in [0.5, 0.6) is 0 Å². The molecule has 1 heterocycles. The molecule has 0 saturated carbocycles. The lowest BCUT2D eigenvalue weighted by atomic mass is 10.1. The number of benzene rings is 2. The highest BCUT2D eigenvalue weighted by Gasteiger charge is 2.11. The first-order valence-corrected chi connectivity index (χ1v) is 25.1. The van der Waals surface area contributed by atoms with Crippen LogP contribution in [0.4, 0.5) is 0 Å². The van der Waals surface area contributed by atoms with E-state index in [0.717, 1.165) is 31.8 Å². The first-order chi connectivity index (χ1) is 38.2. The highest BCUT2D eigenvalue weighted by atomic mass is 16.3. The van der Waals surface area contributed by atoms with Crippen LogP contribution in [0.3, 0.4) is 0 Å². The van der Waals surface area contributed by atoms with Gasteiger partial charge in [0.05, 0.1) is 0 Å². The Morgan fingerprint density at radius 3 is 0.605 bits per heavy atom. The Labute approximate surface area is 503 Å². The van der Waals surface area contributed by atoms with Crippen LogP contribution in [0.25, 0.3) is 0 Å². The summed E-state index contributed by atoms with van der Waals surface area (Å²) in [5, 5.41) is 8.06. The van der Waals surface area contributed by atoms with E-state index in [-0.39, 0.29) is 30.5 Å². The van der Waals surface area contributed by atoms with Gasteiger partial charge in [0.15, 0.2) is 0 Å². The van der Waals surface area contributed by atoms with Gasteiger partial charge in [0, 0.05) is 26.1 Å². The van der Waals surface area contributed by atoms with E-state index >= 15 is 0 Å². The Hall–Kier alpha value is -5.83. The molecule has 3 rings (SSSR count). The van der Waals surface area contributed by atoms with Crippen molar-refractivity contribution in [1.82, 2.24) is 23.4 Å². The number of nitrogens with zero attached hydrogens (tertiary/aromatic N) is 1. The second-order valence-corrected chi connectivity index (χ2v) is 9.14. The number of piperidine rings is 1. The summed E-state index contributed by atoms with van der Waals surface area (Å²) in [6.45, 7) is 58.0. The number of carbonyl (C=O) groups excluding carboxylic acids is 11. The van der Waals surface area contributed by atoms with Crippen molar-refractivity contribution in [2.75, 3.05) is 62.4 Å². The van der Waals surface area contributed by atoms with Gasteiger partial charge in [-0.25, -0.2) is 0 Å². The number of hydrogen-bond acceptors (Lipinski definition) is 22. The van der Waals surface area contributed by atoms with Crippen molar-refractivity contribution in [1.29, 1.82) is 0 Å². The first-order valence-electron chi connectivity index (χ1n) is 25.1. The molecule has 1 amide bonds. The number of likely N-dealkylation sites (tertiary alicyclic amines) is 1. The van der Waals surface area contributed by atoms with E-state index in [1.54, 1.807) is 20.8 Å². The molecule has 0 bridgehead atoms. The van der Waals surface area contributed by atoms with Crippen LogP contribution in [0.1, 0.15) is 161 Å². The van der Waals surface area contributed by atoms with E-state index in [0.29, 0.717) is 0 Å². The number of aliphatic hydroxyl groups is 1. The molecule has 23 nitrogen and oxygen atoms in total. The van der Waals surface area contributed by atoms with Gasteiger partial charge in [-0.15, -0.1) is 0 Å². The van der Waals surface area contributed by atoms with Gasteiger partial charge >= 0.3 is 0 Å². The first kappa shape index (κ1) is 178. The lowest BCUT2D eigenvalue weighted by Gasteiger charge is -2.24. The molecule has 0 radical (unpaired) electrons. The number of nitrogens with two attached hydrogens (primary N) is 7. The normalized spacial score (nSPS) is 6.43. The van der Waals surface area contributed by atoms with Crippen molar-refractivity contribution in [2.45, 2.75) is 169 Å². The second-order valence-electron chi connectivity index (χ2n) is 9.14. The third-order valence-electron chi connectivity index (χ3n) is 5.12. The molecule has 0 spiro atoms. The molecule has 23 heteroatoms. The van der Waals surface area contributed by atoms with Crippen LogP contribution in [-0.4, -0.2) is 152 Å². The van der Waals surface area contributed by atoms with Gasteiger partial charge < -0.3 is 117 Å². The second kappa shape index (κ2) is 436.